The Labute approximate surface area is 136 Å². The van der Waals surface area contributed by atoms with E-state index in [4.69, 9.17) is 4.42 Å². The third kappa shape index (κ3) is 4.51. The normalized spacial score (nSPS) is 12.9. The summed E-state index contributed by atoms with van der Waals surface area (Å²) in [5, 5.41) is 0. The van der Waals surface area contributed by atoms with E-state index in [1.807, 2.05) is 31.2 Å². The monoisotopic (exact) mass is 335 g/mol. The average molecular weight is 335 g/mol. The van der Waals surface area contributed by atoms with Crippen molar-refractivity contribution in [2.75, 3.05) is 12.0 Å². The second-order valence-electron chi connectivity index (χ2n) is 5.66. The second kappa shape index (κ2) is 7.08. The van der Waals surface area contributed by atoms with Crippen molar-refractivity contribution in [1.82, 2.24) is 4.98 Å². The summed E-state index contributed by atoms with van der Waals surface area (Å²) in [5.41, 5.74) is 2.53. The van der Waals surface area contributed by atoms with Crippen molar-refractivity contribution in [2.24, 2.45) is 0 Å². The first-order chi connectivity index (χ1) is 10.8. The minimum absolute atomic E-state index is 0.0487. The number of ketones is 1. The van der Waals surface area contributed by atoms with Crippen molar-refractivity contribution in [3.05, 3.63) is 52.7 Å². The maximum Gasteiger partial charge on any atom is 0.230 e. The molecule has 0 amide bonds. The summed E-state index contributed by atoms with van der Waals surface area (Å²) in [6.07, 6.45) is 3.70. The van der Waals surface area contributed by atoms with Gasteiger partial charge in [-0.15, -0.1) is 0 Å². The fraction of sp³-hybridized carbons (Fsp3) is 0.412. The lowest BCUT2D eigenvalue weighted by molar-refractivity contribution is 0.100. The lowest BCUT2D eigenvalue weighted by atomic mass is 9.92. The molecule has 0 N–H and O–H groups in total. The Bertz CT molecular complexity index is 806. The Balaban J connectivity index is 0.000000207. The van der Waals surface area contributed by atoms with E-state index in [0.29, 0.717) is 23.8 Å². The number of hydrogen-bond donors (Lipinski definition) is 0. The van der Waals surface area contributed by atoms with Crippen LogP contribution in [0.4, 0.5) is 0 Å². The fourth-order valence-electron chi connectivity index (χ4n) is 2.37. The first-order valence-corrected chi connectivity index (χ1v) is 9.64. The molecule has 0 atom stereocenters. The topological polar surface area (TPSA) is 77.2 Å². The largest absolute Gasteiger partial charge is 0.437 e. The van der Waals surface area contributed by atoms with Crippen LogP contribution in [-0.4, -0.2) is 31.2 Å². The van der Waals surface area contributed by atoms with Crippen molar-refractivity contribution < 1.29 is 17.6 Å². The summed E-state index contributed by atoms with van der Waals surface area (Å²) in [7, 11) is -2.69. The molecule has 5 nitrogen and oxygen atoms in total. The summed E-state index contributed by atoms with van der Waals surface area (Å²) in [6, 6.07) is 7.59. The Morgan fingerprint density at radius 2 is 1.96 bits per heavy atom. The van der Waals surface area contributed by atoms with E-state index in [2.05, 4.69) is 4.98 Å². The summed E-state index contributed by atoms with van der Waals surface area (Å²) in [4.78, 5) is 16.2. The number of rotatable bonds is 3. The minimum Gasteiger partial charge on any atom is -0.437 e. The molecule has 1 aromatic heterocycles. The highest BCUT2D eigenvalue weighted by Gasteiger charge is 2.27. The summed E-state index contributed by atoms with van der Waals surface area (Å²) in [6.45, 7) is 3.74. The number of carbonyl (C=O) groups excluding carboxylic acids is 1. The number of benzene rings is 1. The molecule has 0 unspecified atom stereocenters. The number of unbranched alkanes of at least 4 members (excludes halogenated alkanes) is 1. The molecule has 3 rings (SSSR count). The molecule has 2 aromatic rings. The van der Waals surface area contributed by atoms with Gasteiger partial charge in [0.2, 0.25) is 5.78 Å². The highest BCUT2D eigenvalue weighted by atomic mass is 32.2. The van der Waals surface area contributed by atoms with Gasteiger partial charge in [0.05, 0.1) is 5.69 Å². The molecule has 0 saturated carbocycles. The van der Waals surface area contributed by atoms with E-state index in [9.17, 15) is 13.2 Å². The lowest BCUT2D eigenvalue weighted by Gasteiger charge is -2.11. The highest BCUT2D eigenvalue weighted by Crippen LogP contribution is 2.26. The molecule has 0 fully saturated rings. The molecule has 124 valence electrons. The van der Waals surface area contributed by atoms with E-state index >= 15 is 0 Å². The van der Waals surface area contributed by atoms with Crippen LogP contribution in [0.2, 0.25) is 0 Å². The molecule has 1 aliphatic rings. The van der Waals surface area contributed by atoms with Gasteiger partial charge in [0.25, 0.3) is 0 Å². The SMILES string of the molecule is CCCCS(C)(=O)=O.Cc1nc2c(o1)C(=O)c1ccccc1C2. The van der Waals surface area contributed by atoms with Gasteiger partial charge in [-0.25, -0.2) is 13.4 Å². The molecule has 23 heavy (non-hydrogen) atoms. The van der Waals surface area contributed by atoms with Crippen LogP contribution in [0.25, 0.3) is 0 Å². The number of nitrogens with zero attached hydrogens (tertiary/aromatic N) is 1. The molecule has 1 aliphatic carbocycles. The third-order valence-corrected chi connectivity index (χ3v) is 4.53. The number of sulfone groups is 1. The molecule has 0 saturated heterocycles. The van der Waals surface area contributed by atoms with E-state index in [0.717, 1.165) is 29.7 Å². The van der Waals surface area contributed by atoms with Gasteiger partial charge < -0.3 is 4.42 Å². The number of aryl methyl sites for hydroxylation is 1. The quantitative estimate of drug-likeness (QED) is 0.735. The van der Waals surface area contributed by atoms with Crippen molar-refractivity contribution >= 4 is 15.6 Å². The summed E-state index contributed by atoms with van der Waals surface area (Å²) >= 11 is 0. The second-order valence-corrected chi connectivity index (χ2v) is 7.91. The standard InChI is InChI=1S/C12H9NO2.C5H12O2S/c1-7-13-10-6-8-4-2-3-5-9(8)11(14)12(10)15-7;1-3-4-5-8(2,6)7/h2-5H,6H2,1H3;3-5H2,1-2H3. The minimum atomic E-state index is -2.69. The first kappa shape index (κ1) is 17.4. The van der Waals surface area contributed by atoms with Gasteiger partial charge in [0, 0.05) is 30.9 Å². The van der Waals surface area contributed by atoms with E-state index in [1.54, 1.807) is 6.92 Å². The third-order valence-electron chi connectivity index (χ3n) is 3.50. The smallest absolute Gasteiger partial charge is 0.230 e. The molecule has 1 heterocycles. The van der Waals surface area contributed by atoms with E-state index < -0.39 is 9.84 Å². The Morgan fingerprint density at radius 1 is 1.26 bits per heavy atom. The van der Waals surface area contributed by atoms with Crippen molar-refractivity contribution in [3.63, 3.8) is 0 Å². The van der Waals surface area contributed by atoms with Crippen LogP contribution in [0.3, 0.4) is 0 Å². The van der Waals surface area contributed by atoms with Crippen molar-refractivity contribution in [2.45, 2.75) is 33.1 Å². The molecule has 6 heteroatoms. The van der Waals surface area contributed by atoms with E-state index in [1.165, 1.54) is 6.26 Å². The molecule has 0 radical (unpaired) electrons. The average Bonchev–Trinajstić information content (AvgIpc) is 2.86. The number of oxazole rings is 1. The van der Waals surface area contributed by atoms with Gasteiger partial charge >= 0.3 is 0 Å². The maximum atomic E-state index is 12.0. The van der Waals surface area contributed by atoms with Crippen LogP contribution in [0.1, 0.15) is 53.0 Å². The Morgan fingerprint density at radius 3 is 2.57 bits per heavy atom. The molecule has 0 aliphatic heterocycles. The van der Waals surface area contributed by atoms with Crippen LogP contribution in [0, 0.1) is 6.92 Å². The zero-order valence-electron chi connectivity index (χ0n) is 13.6. The number of hydrogen-bond acceptors (Lipinski definition) is 5. The van der Waals surface area contributed by atoms with Gasteiger partial charge in [0.15, 0.2) is 11.7 Å². The van der Waals surface area contributed by atoms with Crippen LogP contribution < -0.4 is 0 Å². The number of aromatic nitrogens is 1. The molecule has 0 bridgehead atoms. The van der Waals surface area contributed by atoms with Gasteiger partial charge in [0.1, 0.15) is 9.84 Å². The van der Waals surface area contributed by atoms with Crippen molar-refractivity contribution in [3.8, 4) is 0 Å². The van der Waals surface area contributed by atoms with Crippen molar-refractivity contribution in [1.29, 1.82) is 0 Å². The zero-order valence-corrected chi connectivity index (χ0v) is 14.4. The maximum absolute atomic E-state index is 12.0. The molecule has 0 spiro atoms. The molecule has 1 aromatic carbocycles. The predicted octanol–water partition coefficient (Wildman–Crippen LogP) is 2.95. The number of carbonyl (C=O) groups is 1. The molecular weight excluding hydrogens is 314 g/mol. The van der Waals surface area contributed by atoms with Crippen LogP contribution in [0.5, 0.6) is 0 Å². The van der Waals surface area contributed by atoms with E-state index in [-0.39, 0.29) is 5.78 Å². The summed E-state index contributed by atoms with van der Waals surface area (Å²) < 4.78 is 26.1. The van der Waals surface area contributed by atoms with Gasteiger partial charge in [-0.2, -0.15) is 0 Å². The Kier molecular flexibility index (Phi) is 5.36. The fourth-order valence-corrected chi connectivity index (χ4v) is 3.19. The first-order valence-electron chi connectivity index (χ1n) is 7.58. The zero-order chi connectivity index (χ0) is 17.0. The number of fused-ring (bicyclic) bond motifs is 2. The van der Waals surface area contributed by atoms with Crippen LogP contribution in [-0.2, 0) is 16.3 Å². The summed E-state index contributed by atoms with van der Waals surface area (Å²) in [5.74, 6) is 1.25. The van der Waals surface area contributed by atoms with Gasteiger partial charge in [-0.1, -0.05) is 37.6 Å². The predicted molar refractivity (Wildman–Crippen MR) is 88.5 cm³/mol. The molecular formula is C17H21NO4S. The Hall–Kier alpha value is -1.95. The van der Waals surface area contributed by atoms with Crippen LogP contribution in [0.15, 0.2) is 28.7 Å². The van der Waals surface area contributed by atoms with Crippen LogP contribution >= 0.6 is 0 Å². The van der Waals surface area contributed by atoms with Gasteiger partial charge in [-0.05, 0) is 12.0 Å². The van der Waals surface area contributed by atoms with Gasteiger partial charge in [-0.3, -0.25) is 4.79 Å². The lowest BCUT2D eigenvalue weighted by Crippen LogP contribution is -2.13. The highest BCUT2D eigenvalue weighted by molar-refractivity contribution is 7.90.